The summed E-state index contributed by atoms with van der Waals surface area (Å²) in [5, 5.41) is 8.81. The molecule has 2 aromatic carbocycles. The summed E-state index contributed by atoms with van der Waals surface area (Å²) in [6.45, 7) is 2.24. The molecule has 0 aromatic heterocycles. The Hall–Kier alpha value is -2.80. The number of Topliss-reactive ketones (excluding diaryl/α,β-unsaturated/α-hetero) is 1. The summed E-state index contributed by atoms with van der Waals surface area (Å²) in [6.07, 6.45) is 6.59. The van der Waals surface area contributed by atoms with E-state index in [4.69, 9.17) is 14.6 Å². The number of rotatable bonds is 15. The highest BCUT2D eigenvalue weighted by molar-refractivity contribution is 5.87. The van der Waals surface area contributed by atoms with Crippen molar-refractivity contribution in [2.24, 2.45) is 5.92 Å². The Kier molecular flexibility index (Phi) is 11.2. The molecule has 0 heterocycles. The van der Waals surface area contributed by atoms with Gasteiger partial charge in [0.25, 0.3) is 0 Å². The van der Waals surface area contributed by atoms with Gasteiger partial charge >= 0.3 is 5.97 Å². The minimum Gasteiger partial charge on any atom is -0.481 e. The van der Waals surface area contributed by atoms with Gasteiger partial charge in [0, 0.05) is 25.3 Å². The molecule has 35 heavy (non-hydrogen) atoms. The second kappa shape index (κ2) is 14.6. The largest absolute Gasteiger partial charge is 0.481 e. The average Bonchev–Trinajstić information content (AvgIpc) is 3.18. The summed E-state index contributed by atoms with van der Waals surface area (Å²) >= 11 is 0. The van der Waals surface area contributed by atoms with Crippen LogP contribution < -0.4 is 0 Å². The summed E-state index contributed by atoms with van der Waals surface area (Å²) in [5.74, 6) is -0.524. The molecular formula is C29H37NO5. The highest BCUT2D eigenvalue weighted by atomic mass is 16.5. The molecule has 6 nitrogen and oxygen atoms in total. The number of hydrogen-bond donors (Lipinski definition) is 1. The Labute approximate surface area is 208 Å². The van der Waals surface area contributed by atoms with Gasteiger partial charge in [0.15, 0.2) is 5.78 Å². The Morgan fingerprint density at radius 2 is 1.69 bits per heavy atom. The number of benzene rings is 2. The van der Waals surface area contributed by atoms with Gasteiger partial charge in [0.1, 0.15) is 0 Å². The van der Waals surface area contributed by atoms with Crippen LogP contribution in [0.1, 0.15) is 43.2 Å². The summed E-state index contributed by atoms with van der Waals surface area (Å²) in [7, 11) is 1.98. The van der Waals surface area contributed by atoms with E-state index in [1.165, 1.54) is 0 Å². The van der Waals surface area contributed by atoms with Crippen LogP contribution in [-0.4, -0.2) is 54.1 Å². The Balaban J connectivity index is 1.56. The number of carbonyl (C=O) groups excluding carboxylic acids is 1. The summed E-state index contributed by atoms with van der Waals surface area (Å²) < 4.78 is 12.1. The maximum absolute atomic E-state index is 13.1. The lowest BCUT2D eigenvalue weighted by Gasteiger charge is -2.30. The summed E-state index contributed by atoms with van der Waals surface area (Å²) in [6, 6.07) is 19.8. The van der Waals surface area contributed by atoms with Gasteiger partial charge in [-0.1, -0.05) is 72.8 Å². The highest BCUT2D eigenvalue weighted by Crippen LogP contribution is 2.33. The number of aliphatic carboxylic acids is 1. The molecule has 1 aliphatic carbocycles. The first-order valence-electron chi connectivity index (χ1n) is 12.4. The van der Waals surface area contributed by atoms with Crippen LogP contribution in [0.4, 0.5) is 0 Å². The number of carboxylic acids is 1. The van der Waals surface area contributed by atoms with E-state index >= 15 is 0 Å². The molecular weight excluding hydrogens is 442 g/mol. The fraction of sp³-hybridized carbons (Fsp3) is 0.448. The van der Waals surface area contributed by atoms with Crippen LogP contribution in [0.2, 0.25) is 0 Å². The fourth-order valence-electron chi connectivity index (χ4n) is 4.58. The Morgan fingerprint density at radius 3 is 2.34 bits per heavy atom. The third-order valence-electron chi connectivity index (χ3n) is 6.43. The average molecular weight is 480 g/mol. The van der Waals surface area contributed by atoms with Gasteiger partial charge in [-0.3, -0.25) is 14.5 Å². The molecule has 3 rings (SSSR count). The number of ketones is 1. The smallest absolute Gasteiger partial charge is 0.303 e. The molecule has 1 saturated carbocycles. The predicted molar refractivity (Wildman–Crippen MR) is 136 cm³/mol. The van der Waals surface area contributed by atoms with E-state index in [-0.39, 0.29) is 30.3 Å². The van der Waals surface area contributed by atoms with Gasteiger partial charge < -0.3 is 14.6 Å². The molecule has 0 bridgehead atoms. The highest BCUT2D eigenvalue weighted by Gasteiger charge is 2.44. The van der Waals surface area contributed by atoms with Gasteiger partial charge in [0.2, 0.25) is 0 Å². The zero-order valence-corrected chi connectivity index (χ0v) is 20.6. The topological polar surface area (TPSA) is 76.1 Å². The van der Waals surface area contributed by atoms with Gasteiger partial charge in [-0.25, -0.2) is 0 Å². The Morgan fingerprint density at radius 1 is 1.03 bits per heavy atom. The lowest BCUT2D eigenvalue weighted by atomic mass is 9.95. The molecule has 0 saturated heterocycles. The van der Waals surface area contributed by atoms with Crippen LogP contribution in [0, 0.1) is 5.92 Å². The molecule has 1 N–H and O–H groups in total. The number of nitrogens with zero attached hydrogens (tertiary/aromatic N) is 1. The first-order chi connectivity index (χ1) is 17.0. The first-order valence-corrected chi connectivity index (χ1v) is 12.4. The molecule has 2 aromatic rings. The number of carbonyl (C=O) groups is 2. The second-order valence-corrected chi connectivity index (χ2v) is 9.13. The minimum atomic E-state index is -0.773. The van der Waals surface area contributed by atoms with E-state index in [0.29, 0.717) is 39.2 Å². The van der Waals surface area contributed by atoms with Crippen molar-refractivity contribution < 1.29 is 24.2 Å². The molecule has 6 heteroatoms. The maximum atomic E-state index is 13.1. The molecule has 3 atom stereocenters. The Bertz CT molecular complexity index is 931. The third-order valence-corrected chi connectivity index (χ3v) is 6.43. The van der Waals surface area contributed by atoms with Crippen molar-refractivity contribution in [1.29, 1.82) is 0 Å². The standard InChI is InChI=1S/C29H37NO5/c1-30(18-19-34-21-23-12-6-4-7-13-23)29-25(16-10-2-3-11-17-28(32)33)27(20-26(29)31)35-22-24-14-8-5-9-15-24/h2,4-10,12-15,25,27,29H,3,11,16-22H2,1H3,(H,32,33)/b10-2-/t25-,27-,29+/m0/s1. The van der Waals surface area contributed by atoms with Crippen molar-refractivity contribution in [2.45, 2.75) is 57.5 Å². The molecule has 0 spiro atoms. The van der Waals surface area contributed by atoms with Gasteiger partial charge in [-0.2, -0.15) is 0 Å². The fourth-order valence-corrected chi connectivity index (χ4v) is 4.58. The van der Waals surface area contributed by atoms with Crippen molar-refractivity contribution in [3.05, 3.63) is 83.9 Å². The van der Waals surface area contributed by atoms with Crippen LogP contribution in [0.25, 0.3) is 0 Å². The van der Waals surface area contributed by atoms with E-state index in [2.05, 4.69) is 11.0 Å². The summed E-state index contributed by atoms with van der Waals surface area (Å²) in [5.41, 5.74) is 2.22. The lowest BCUT2D eigenvalue weighted by molar-refractivity contribution is -0.137. The van der Waals surface area contributed by atoms with Crippen LogP contribution in [0.3, 0.4) is 0 Å². The first kappa shape index (κ1) is 26.8. The summed E-state index contributed by atoms with van der Waals surface area (Å²) in [4.78, 5) is 25.9. The quantitative estimate of drug-likeness (QED) is 0.290. The second-order valence-electron chi connectivity index (χ2n) is 9.13. The van der Waals surface area contributed by atoms with Gasteiger partial charge in [0.05, 0.1) is 32.0 Å². The van der Waals surface area contributed by atoms with Crippen molar-refractivity contribution in [2.75, 3.05) is 20.2 Å². The van der Waals surface area contributed by atoms with Crippen molar-refractivity contribution in [3.63, 3.8) is 0 Å². The van der Waals surface area contributed by atoms with Gasteiger partial charge in [-0.05, 0) is 37.4 Å². The van der Waals surface area contributed by atoms with Crippen LogP contribution in [-0.2, 0) is 32.3 Å². The zero-order valence-electron chi connectivity index (χ0n) is 20.6. The van der Waals surface area contributed by atoms with Crippen LogP contribution in [0.5, 0.6) is 0 Å². The minimum absolute atomic E-state index is 0.0426. The number of likely N-dealkylation sites (N-methyl/N-ethyl adjacent to an activating group) is 1. The molecule has 1 aliphatic rings. The number of hydrogen-bond acceptors (Lipinski definition) is 5. The predicted octanol–water partition coefficient (Wildman–Crippen LogP) is 4.88. The number of unbranched alkanes of at least 4 members (excludes halogenated alkanes) is 1. The van der Waals surface area contributed by atoms with E-state index in [1.807, 2.05) is 73.8 Å². The molecule has 1 fully saturated rings. The third kappa shape index (κ3) is 9.06. The SMILES string of the molecule is CN(CCOCc1ccccc1)[C@H]1C(=O)C[C@H](OCc2ccccc2)[C@@H]1C/C=C\CCCC(=O)O. The molecule has 0 unspecified atom stereocenters. The van der Waals surface area contributed by atoms with Crippen molar-refractivity contribution >= 4 is 11.8 Å². The molecule has 188 valence electrons. The monoisotopic (exact) mass is 479 g/mol. The normalized spacial score (nSPS) is 20.2. The zero-order chi connectivity index (χ0) is 24.9. The van der Waals surface area contributed by atoms with E-state index < -0.39 is 5.97 Å². The van der Waals surface area contributed by atoms with E-state index in [0.717, 1.165) is 24.0 Å². The molecule has 0 amide bonds. The van der Waals surface area contributed by atoms with Crippen LogP contribution in [0.15, 0.2) is 72.8 Å². The lowest BCUT2D eigenvalue weighted by Crippen LogP contribution is -2.42. The van der Waals surface area contributed by atoms with Crippen molar-refractivity contribution in [3.8, 4) is 0 Å². The number of allylic oxidation sites excluding steroid dienone is 2. The molecule has 0 radical (unpaired) electrons. The van der Waals surface area contributed by atoms with E-state index in [9.17, 15) is 9.59 Å². The number of carboxylic acid groups (broad SMARTS) is 1. The van der Waals surface area contributed by atoms with Crippen LogP contribution >= 0.6 is 0 Å². The number of ether oxygens (including phenoxy) is 2. The van der Waals surface area contributed by atoms with E-state index in [1.54, 1.807) is 0 Å². The van der Waals surface area contributed by atoms with Crippen molar-refractivity contribution in [1.82, 2.24) is 4.90 Å². The van der Waals surface area contributed by atoms with Gasteiger partial charge in [-0.15, -0.1) is 0 Å². The molecule has 0 aliphatic heterocycles. The maximum Gasteiger partial charge on any atom is 0.303 e.